The molecule has 0 amide bonds. The first-order valence-electron chi connectivity index (χ1n) is 3.95. The van der Waals surface area contributed by atoms with Crippen LogP contribution in [0.3, 0.4) is 0 Å². The molecule has 0 atom stereocenters. The summed E-state index contributed by atoms with van der Waals surface area (Å²) in [5.74, 6) is 2.30. The van der Waals surface area contributed by atoms with Gasteiger partial charge in [0.25, 0.3) is 0 Å². The van der Waals surface area contributed by atoms with Crippen molar-refractivity contribution in [3.8, 4) is 11.5 Å². The van der Waals surface area contributed by atoms with E-state index in [-0.39, 0.29) is 0 Å². The maximum atomic E-state index is 5.68. The third-order valence-corrected chi connectivity index (χ3v) is 3.10. The highest BCUT2D eigenvalue weighted by Crippen LogP contribution is 2.35. The van der Waals surface area contributed by atoms with E-state index < -0.39 is 0 Å². The summed E-state index contributed by atoms with van der Waals surface area (Å²) in [7, 11) is 0. The van der Waals surface area contributed by atoms with E-state index in [1.165, 1.54) is 9.13 Å². The number of benzene rings is 1. The quantitative estimate of drug-likeness (QED) is 0.618. The molecule has 4 heteroatoms. The summed E-state index contributed by atoms with van der Waals surface area (Å²) in [6.07, 6.45) is 0.871. The zero-order valence-corrected chi connectivity index (χ0v) is 9.76. The molecule has 0 unspecified atom stereocenters. The van der Waals surface area contributed by atoms with E-state index in [0.29, 0.717) is 12.7 Å². The lowest BCUT2D eigenvalue weighted by atomic mass is 10.1. The first-order chi connectivity index (χ1) is 6.31. The third kappa shape index (κ3) is 1.86. The lowest BCUT2D eigenvalue weighted by Gasteiger charge is -2.03. The predicted molar refractivity (Wildman–Crippen MR) is 59.7 cm³/mol. The van der Waals surface area contributed by atoms with Crippen LogP contribution in [0.5, 0.6) is 11.5 Å². The van der Waals surface area contributed by atoms with Gasteiger partial charge in [-0.25, -0.2) is 0 Å². The van der Waals surface area contributed by atoms with E-state index in [4.69, 9.17) is 21.1 Å². The van der Waals surface area contributed by atoms with Crippen molar-refractivity contribution in [2.75, 3.05) is 12.7 Å². The molecule has 1 aromatic carbocycles. The highest BCUT2D eigenvalue weighted by molar-refractivity contribution is 14.1. The fourth-order valence-electron chi connectivity index (χ4n) is 1.25. The Morgan fingerprint density at radius 1 is 1.31 bits per heavy atom. The Kier molecular flexibility index (Phi) is 2.83. The first kappa shape index (κ1) is 9.40. The normalized spacial score (nSPS) is 13.4. The molecule has 1 aliphatic rings. The van der Waals surface area contributed by atoms with Crippen molar-refractivity contribution in [1.82, 2.24) is 0 Å². The monoisotopic (exact) mass is 310 g/mol. The Balaban J connectivity index is 2.37. The summed E-state index contributed by atoms with van der Waals surface area (Å²) in [4.78, 5) is 0. The largest absolute Gasteiger partial charge is 0.454 e. The molecule has 0 radical (unpaired) electrons. The van der Waals surface area contributed by atoms with Crippen LogP contribution in [0.2, 0.25) is 0 Å². The molecule has 0 N–H and O–H groups in total. The van der Waals surface area contributed by atoms with Gasteiger partial charge in [0.15, 0.2) is 11.5 Å². The molecule has 13 heavy (non-hydrogen) atoms. The molecule has 2 nitrogen and oxygen atoms in total. The van der Waals surface area contributed by atoms with Crippen LogP contribution in [-0.2, 0) is 6.42 Å². The van der Waals surface area contributed by atoms with Crippen LogP contribution in [0, 0.1) is 3.57 Å². The molecule has 0 saturated heterocycles. The Morgan fingerprint density at radius 3 is 2.69 bits per heavy atom. The lowest BCUT2D eigenvalue weighted by Crippen LogP contribution is -1.93. The van der Waals surface area contributed by atoms with Gasteiger partial charge in [-0.2, -0.15) is 0 Å². The van der Waals surface area contributed by atoms with E-state index in [0.717, 1.165) is 17.9 Å². The Hall–Kier alpha value is -0.160. The number of hydrogen-bond acceptors (Lipinski definition) is 2. The number of hydrogen-bond donors (Lipinski definition) is 0. The summed E-state index contributed by atoms with van der Waals surface area (Å²) >= 11 is 7.97. The Bertz CT molecular complexity index is 328. The van der Waals surface area contributed by atoms with Crippen LogP contribution >= 0.6 is 34.2 Å². The minimum atomic E-state index is 0.329. The van der Waals surface area contributed by atoms with Gasteiger partial charge in [0, 0.05) is 9.45 Å². The van der Waals surface area contributed by atoms with Crippen LogP contribution in [0.1, 0.15) is 5.56 Å². The number of halogens is 2. The molecular weight excluding hydrogens is 302 g/mol. The molecule has 70 valence electrons. The second-order valence-electron chi connectivity index (χ2n) is 2.74. The van der Waals surface area contributed by atoms with Crippen molar-refractivity contribution in [2.45, 2.75) is 6.42 Å². The van der Waals surface area contributed by atoms with E-state index in [9.17, 15) is 0 Å². The van der Waals surface area contributed by atoms with Gasteiger partial charge in [0.2, 0.25) is 6.79 Å². The number of rotatable bonds is 2. The fourth-order valence-corrected chi connectivity index (χ4v) is 2.16. The third-order valence-electron chi connectivity index (χ3n) is 1.91. The summed E-state index contributed by atoms with van der Waals surface area (Å²) in [6, 6.07) is 4.00. The molecule has 1 aromatic rings. The molecule has 0 aromatic heterocycles. The molecule has 1 heterocycles. The number of fused-ring (bicyclic) bond motifs is 1. The molecular formula is C9H8ClIO2. The fraction of sp³-hybridized carbons (Fsp3) is 0.333. The smallest absolute Gasteiger partial charge is 0.231 e. The van der Waals surface area contributed by atoms with Gasteiger partial charge in [-0.05, 0) is 46.7 Å². The molecule has 0 saturated carbocycles. The second kappa shape index (κ2) is 3.92. The van der Waals surface area contributed by atoms with Crippen molar-refractivity contribution in [2.24, 2.45) is 0 Å². The van der Waals surface area contributed by atoms with E-state index >= 15 is 0 Å². The average molecular weight is 311 g/mol. The van der Waals surface area contributed by atoms with Crippen LogP contribution in [0.15, 0.2) is 12.1 Å². The van der Waals surface area contributed by atoms with Crippen LogP contribution in [-0.4, -0.2) is 12.7 Å². The SMILES string of the molecule is ClCCc1cc2c(cc1I)OCO2. The first-order valence-corrected chi connectivity index (χ1v) is 5.56. The maximum absolute atomic E-state index is 5.68. The lowest BCUT2D eigenvalue weighted by molar-refractivity contribution is 0.174. The molecule has 0 spiro atoms. The van der Waals surface area contributed by atoms with Gasteiger partial charge in [0.05, 0.1) is 0 Å². The van der Waals surface area contributed by atoms with Gasteiger partial charge < -0.3 is 9.47 Å². The van der Waals surface area contributed by atoms with E-state index in [1.807, 2.05) is 12.1 Å². The van der Waals surface area contributed by atoms with Gasteiger partial charge in [-0.3, -0.25) is 0 Å². The minimum Gasteiger partial charge on any atom is -0.454 e. The standard InChI is InChI=1S/C9H8ClIO2/c10-2-1-6-3-8-9(4-7(6)11)13-5-12-8/h3-4H,1-2,5H2. The van der Waals surface area contributed by atoms with E-state index in [1.54, 1.807) is 0 Å². The van der Waals surface area contributed by atoms with Crippen molar-refractivity contribution in [3.63, 3.8) is 0 Å². The summed E-state index contributed by atoms with van der Waals surface area (Å²) in [5, 5.41) is 0. The highest BCUT2D eigenvalue weighted by atomic mass is 127. The van der Waals surface area contributed by atoms with Gasteiger partial charge in [-0.1, -0.05) is 0 Å². The van der Waals surface area contributed by atoms with Crippen LogP contribution < -0.4 is 9.47 Å². The Morgan fingerprint density at radius 2 is 2.00 bits per heavy atom. The van der Waals surface area contributed by atoms with Crippen molar-refractivity contribution in [1.29, 1.82) is 0 Å². The Labute approximate surface area is 95.3 Å². The summed E-state index contributed by atoms with van der Waals surface area (Å²) < 4.78 is 11.7. The maximum Gasteiger partial charge on any atom is 0.231 e. The van der Waals surface area contributed by atoms with Crippen LogP contribution in [0.4, 0.5) is 0 Å². The molecule has 0 bridgehead atoms. The van der Waals surface area contributed by atoms with Crippen molar-refractivity contribution in [3.05, 3.63) is 21.3 Å². The second-order valence-corrected chi connectivity index (χ2v) is 4.28. The van der Waals surface area contributed by atoms with Gasteiger partial charge in [0.1, 0.15) is 0 Å². The minimum absolute atomic E-state index is 0.329. The van der Waals surface area contributed by atoms with E-state index in [2.05, 4.69) is 22.6 Å². The molecule has 0 fully saturated rings. The topological polar surface area (TPSA) is 18.5 Å². The number of ether oxygens (including phenoxy) is 2. The van der Waals surface area contributed by atoms with Crippen LogP contribution in [0.25, 0.3) is 0 Å². The van der Waals surface area contributed by atoms with Gasteiger partial charge in [-0.15, -0.1) is 11.6 Å². The van der Waals surface area contributed by atoms with Crippen molar-refractivity contribution < 1.29 is 9.47 Å². The number of alkyl halides is 1. The summed E-state index contributed by atoms with van der Waals surface area (Å²) in [6.45, 7) is 0.329. The molecule has 1 aliphatic heterocycles. The average Bonchev–Trinajstić information content (AvgIpc) is 2.52. The number of aryl methyl sites for hydroxylation is 1. The zero-order chi connectivity index (χ0) is 9.26. The highest BCUT2D eigenvalue weighted by Gasteiger charge is 2.15. The van der Waals surface area contributed by atoms with Gasteiger partial charge >= 0.3 is 0 Å². The zero-order valence-electron chi connectivity index (χ0n) is 6.85. The molecule has 2 rings (SSSR count). The predicted octanol–water partition coefficient (Wildman–Crippen LogP) is 2.80. The molecule has 0 aliphatic carbocycles. The summed E-state index contributed by atoms with van der Waals surface area (Å²) in [5.41, 5.74) is 1.22. The van der Waals surface area contributed by atoms with Crippen molar-refractivity contribution >= 4 is 34.2 Å².